The van der Waals surface area contributed by atoms with E-state index in [-0.39, 0.29) is 5.56 Å². The molecule has 70 valence electrons. The zero-order valence-electron chi connectivity index (χ0n) is 7.19. The lowest BCUT2D eigenvalue weighted by Gasteiger charge is -1.94. The number of hydrogen-bond acceptors (Lipinski definition) is 3. The molecular weight excluding hydrogens is 182 g/mol. The van der Waals surface area contributed by atoms with E-state index in [9.17, 15) is 9.59 Å². The molecule has 0 spiro atoms. The first-order valence-corrected chi connectivity index (χ1v) is 4.04. The fourth-order valence-corrected chi connectivity index (χ4v) is 1.15. The Kier molecular flexibility index (Phi) is 2.02. The van der Waals surface area contributed by atoms with E-state index < -0.39 is 0 Å². The molecule has 0 atom stereocenters. The number of rotatable bonds is 2. The van der Waals surface area contributed by atoms with Crippen LogP contribution < -0.4 is 5.56 Å². The maximum absolute atomic E-state index is 10.8. The molecular formula is C10H7NO3. The average molecular weight is 189 g/mol. The molecule has 1 N–H and O–H groups in total. The van der Waals surface area contributed by atoms with Crippen LogP contribution in [0.1, 0.15) is 10.4 Å². The zero-order chi connectivity index (χ0) is 9.97. The van der Waals surface area contributed by atoms with E-state index in [1.54, 1.807) is 24.3 Å². The van der Waals surface area contributed by atoms with Gasteiger partial charge in [-0.1, -0.05) is 24.3 Å². The molecule has 4 nitrogen and oxygen atoms in total. The summed E-state index contributed by atoms with van der Waals surface area (Å²) in [6.07, 6.45) is 0.761. The van der Waals surface area contributed by atoms with Crippen LogP contribution in [-0.2, 0) is 0 Å². The van der Waals surface area contributed by atoms with Crippen LogP contribution in [0.3, 0.4) is 0 Å². The third-order valence-electron chi connectivity index (χ3n) is 1.86. The van der Waals surface area contributed by atoms with Gasteiger partial charge in [0.25, 0.3) is 5.56 Å². The molecule has 0 saturated heterocycles. The highest BCUT2D eigenvalue weighted by Gasteiger charge is 2.02. The number of aldehydes is 1. The van der Waals surface area contributed by atoms with Gasteiger partial charge in [-0.3, -0.25) is 9.59 Å². The fraction of sp³-hybridized carbons (Fsp3) is 0. The molecule has 0 amide bonds. The monoisotopic (exact) mass is 189 g/mol. The maximum Gasteiger partial charge on any atom is 0.280 e. The first kappa shape index (κ1) is 8.50. The molecule has 0 aliphatic rings. The highest BCUT2D eigenvalue weighted by atomic mass is 16.5. The van der Waals surface area contributed by atoms with Crippen molar-refractivity contribution in [1.29, 1.82) is 0 Å². The van der Waals surface area contributed by atoms with Gasteiger partial charge in [-0.05, 0) is 0 Å². The van der Waals surface area contributed by atoms with Gasteiger partial charge in [-0.15, -0.1) is 0 Å². The lowest BCUT2D eigenvalue weighted by atomic mass is 10.1. The molecule has 0 unspecified atom stereocenters. The number of hydrogen-bond donors (Lipinski definition) is 1. The molecule has 14 heavy (non-hydrogen) atoms. The summed E-state index contributed by atoms with van der Waals surface area (Å²) < 4.78 is 4.90. The topological polar surface area (TPSA) is 63.1 Å². The molecule has 0 aliphatic heterocycles. The Morgan fingerprint density at radius 3 is 2.43 bits per heavy atom. The molecule has 4 heteroatoms. The Morgan fingerprint density at radius 2 is 1.93 bits per heavy atom. The second-order valence-electron chi connectivity index (χ2n) is 2.82. The van der Waals surface area contributed by atoms with Crippen molar-refractivity contribution >= 4 is 6.29 Å². The zero-order valence-corrected chi connectivity index (χ0v) is 7.19. The van der Waals surface area contributed by atoms with Gasteiger partial charge in [0, 0.05) is 11.1 Å². The van der Waals surface area contributed by atoms with Crippen molar-refractivity contribution in [2.45, 2.75) is 0 Å². The van der Waals surface area contributed by atoms with E-state index in [1.165, 1.54) is 6.07 Å². The number of carbonyl (C=O) groups excluding carboxylic acids is 1. The van der Waals surface area contributed by atoms with Crippen LogP contribution in [0.2, 0.25) is 0 Å². The van der Waals surface area contributed by atoms with Gasteiger partial charge in [-0.2, -0.15) is 5.16 Å². The van der Waals surface area contributed by atoms with Gasteiger partial charge in [0.15, 0.2) is 5.76 Å². The summed E-state index contributed by atoms with van der Waals surface area (Å²) >= 11 is 0. The second kappa shape index (κ2) is 3.33. The van der Waals surface area contributed by atoms with Crippen molar-refractivity contribution < 1.29 is 9.32 Å². The van der Waals surface area contributed by atoms with E-state index >= 15 is 0 Å². The summed E-state index contributed by atoms with van der Waals surface area (Å²) in [7, 11) is 0. The lowest BCUT2D eigenvalue weighted by Crippen LogP contribution is -1.92. The van der Waals surface area contributed by atoms with Crippen LogP contribution in [0.4, 0.5) is 0 Å². The van der Waals surface area contributed by atoms with E-state index in [0.717, 1.165) is 11.8 Å². The van der Waals surface area contributed by atoms with E-state index in [2.05, 4.69) is 5.16 Å². The van der Waals surface area contributed by atoms with Crippen LogP contribution in [0.25, 0.3) is 11.3 Å². The molecule has 2 aromatic rings. The van der Waals surface area contributed by atoms with Crippen LogP contribution in [0.15, 0.2) is 39.6 Å². The SMILES string of the molecule is O=Cc1ccc(-c2cc(=O)[nH]o2)cc1. The number of carbonyl (C=O) groups is 1. The van der Waals surface area contributed by atoms with Crippen molar-refractivity contribution in [2.24, 2.45) is 0 Å². The van der Waals surface area contributed by atoms with Crippen LogP contribution in [0, 0.1) is 0 Å². The molecule has 1 heterocycles. The standard InChI is InChI=1S/C10H7NO3/c12-6-7-1-3-8(4-2-7)9-5-10(13)11-14-9/h1-6H,(H,11,13). The average Bonchev–Trinajstić information content (AvgIpc) is 2.65. The summed E-state index contributed by atoms with van der Waals surface area (Å²) in [6, 6.07) is 8.12. The largest absolute Gasteiger partial charge is 0.378 e. The summed E-state index contributed by atoms with van der Waals surface area (Å²) in [6.45, 7) is 0. The molecule has 2 rings (SSSR count). The highest BCUT2D eigenvalue weighted by Crippen LogP contribution is 2.16. The Morgan fingerprint density at radius 1 is 1.21 bits per heavy atom. The number of aromatic nitrogens is 1. The molecule has 0 radical (unpaired) electrons. The van der Waals surface area contributed by atoms with E-state index in [4.69, 9.17) is 4.52 Å². The number of aromatic amines is 1. The Balaban J connectivity index is 2.42. The minimum Gasteiger partial charge on any atom is -0.378 e. The third kappa shape index (κ3) is 1.50. The lowest BCUT2D eigenvalue weighted by molar-refractivity contribution is 0.112. The van der Waals surface area contributed by atoms with E-state index in [0.29, 0.717) is 11.3 Å². The second-order valence-corrected chi connectivity index (χ2v) is 2.82. The molecule has 0 aliphatic carbocycles. The summed E-state index contributed by atoms with van der Waals surface area (Å²) in [5, 5.41) is 2.20. The van der Waals surface area contributed by atoms with Crippen LogP contribution >= 0.6 is 0 Å². The van der Waals surface area contributed by atoms with Gasteiger partial charge < -0.3 is 4.52 Å². The molecule has 0 bridgehead atoms. The predicted molar refractivity (Wildman–Crippen MR) is 50.2 cm³/mol. The Bertz CT molecular complexity index is 493. The quantitative estimate of drug-likeness (QED) is 0.727. The third-order valence-corrected chi connectivity index (χ3v) is 1.86. The summed E-state index contributed by atoms with van der Waals surface area (Å²) in [5.74, 6) is 0.465. The first-order valence-electron chi connectivity index (χ1n) is 4.04. The van der Waals surface area contributed by atoms with Gasteiger partial charge in [0.05, 0.1) is 6.07 Å². The maximum atomic E-state index is 10.8. The Labute approximate surface area is 79.1 Å². The van der Waals surface area contributed by atoms with Crippen molar-refractivity contribution in [3.05, 3.63) is 46.2 Å². The summed E-state index contributed by atoms with van der Waals surface area (Å²) in [4.78, 5) is 21.2. The van der Waals surface area contributed by atoms with Crippen molar-refractivity contribution in [3.63, 3.8) is 0 Å². The molecule has 1 aromatic carbocycles. The predicted octanol–water partition coefficient (Wildman–Crippen LogP) is 1.45. The molecule has 1 aromatic heterocycles. The van der Waals surface area contributed by atoms with E-state index in [1.807, 2.05) is 0 Å². The minimum absolute atomic E-state index is 0.278. The normalized spacial score (nSPS) is 10.0. The molecule has 0 fully saturated rings. The van der Waals surface area contributed by atoms with Crippen LogP contribution in [-0.4, -0.2) is 11.4 Å². The number of H-pyrrole nitrogens is 1. The van der Waals surface area contributed by atoms with Crippen LogP contribution in [0.5, 0.6) is 0 Å². The Hall–Kier alpha value is -2.10. The highest BCUT2D eigenvalue weighted by molar-refractivity contribution is 5.76. The molecule has 0 saturated carbocycles. The number of nitrogens with one attached hydrogen (secondary N) is 1. The van der Waals surface area contributed by atoms with Crippen molar-refractivity contribution in [1.82, 2.24) is 5.16 Å². The smallest absolute Gasteiger partial charge is 0.280 e. The van der Waals surface area contributed by atoms with Gasteiger partial charge >= 0.3 is 0 Å². The summed E-state index contributed by atoms with van der Waals surface area (Å²) in [5.41, 5.74) is 1.07. The minimum atomic E-state index is -0.278. The number of benzene rings is 1. The first-order chi connectivity index (χ1) is 6.79. The van der Waals surface area contributed by atoms with Crippen molar-refractivity contribution in [2.75, 3.05) is 0 Å². The van der Waals surface area contributed by atoms with Crippen molar-refractivity contribution in [3.8, 4) is 11.3 Å². The fourth-order valence-electron chi connectivity index (χ4n) is 1.15. The van der Waals surface area contributed by atoms with Gasteiger partial charge in [0.2, 0.25) is 0 Å². The van der Waals surface area contributed by atoms with Gasteiger partial charge in [0.1, 0.15) is 6.29 Å². The van der Waals surface area contributed by atoms with Gasteiger partial charge in [-0.25, -0.2) is 0 Å².